The highest BCUT2D eigenvalue weighted by atomic mass is 127. The predicted molar refractivity (Wildman–Crippen MR) is 93.0 cm³/mol. The molecule has 1 fully saturated rings. The van der Waals surface area contributed by atoms with Gasteiger partial charge in [0, 0.05) is 6.04 Å². The molecule has 1 aliphatic rings. The lowest BCUT2D eigenvalue weighted by molar-refractivity contribution is 0.173. The number of nitrogens with zero attached hydrogens (tertiary/aromatic N) is 2. The van der Waals surface area contributed by atoms with Gasteiger partial charge in [0.1, 0.15) is 12.1 Å². The highest BCUT2D eigenvalue weighted by molar-refractivity contribution is 14.1. The Morgan fingerprint density at radius 3 is 2.40 bits per heavy atom. The lowest BCUT2D eigenvalue weighted by atomic mass is 9.71. The molecule has 1 aromatic rings. The van der Waals surface area contributed by atoms with Crippen LogP contribution in [0, 0.1) is 14.9 Å². The normalized spacial score (nSPS) is 23.6. The van der Waals surface area contributed by atoms with E-state index in [1.807, 2.05) is 0 Å². The number of rotatable bonds is 3. The molecule has 0 amide bonds. The molecule has 0 bridgehead atoms. The first-order valence-corrected chi connectivity index (χ1v) is 8.75. The van der Waals surface area contributed by atoms with E-state index in [1.165, 1.54) is 29.3 Å². The van der Waals surface area contributed by atoms with Crippen molar-refractivity contribution in [1.82, 2.24) is 9.97 Å². The van der Waals surface area contributed by atoms with Crippen LogP contribution in [0.25, 0.3) is 0 Å². The second kappa shape index (κ2) is 6.58. The highest BCUT2D eigenvalue weighted by Crippen LogP contribution is 2.38. The van der Waals surface area contributed by atoms with Gasteiger partial charge in [0.2, 0.25) is 0 Å². The minimum absolute atomic E-state index is 0.448. The first-order valence-electron chi connectivity index (χ1n) is 7.67. The smallest absolute Gasteiger partial charge is 0.143 e. The van der Waals surface area contributed by atoms with Gasteiger partial charge in [0.25, 0.3) is 0 Å². The molecule has 0 aliphatic heterocycles. The summed E-state index contributed by atoms with van der Waals surface area (Å²) in [5.41, 5.74) is 1.59. The molecule has 2 rings (SSSR count). The molecule has 3 nitrogen and oxygen atoms in total. The van der Waals surface area contributed by atoms with E-state index in [9.17, 15) is 0 Å². The molecule has 0 aromatic carbocycles. The molecule has 0 atom stereocenters. The Balaban J connectivity index is 1.96. The van der Waals surface area contributed by atoms with E-state index >= 15 is 0 Å². The molecule has 1 heterocycles. The number of hydrogen-bond acceptors (Lipinski definition) is 3. The van der Waals surface area contributed by atoms with Crippen molar-refractivity contribution >= 4 is 28.4 Å². The Morgan fingerprint density at radius 1 is 1.20 bits per heavy atom. The summed E-state index contributed by atoms with van der Waals surface area (Å²) in [6.07, 6.45) is 7.80. The van der Waals surface area contributed by atoms with Crippen LogP contribution in [0.2, 0.25) is 0 Å². The fraction of sp³-hybridized carbons (Fsp3) is 0.750. The molecule has 1 aliphatic carbocycles. The summed E-state index contributed by atoms with van der Waals surface area (Å²) >= 11 is 2.37. The van der Waals surface area contributed by atoms with Gasteiger partial charge in [-0.25, -0.2) is 9.97 Å². The van der Waals surface area contributed by atoms with Gasteiger partial charge in [-0.2, -0.15) is 0 Å². The van der Waals surface area contributed by atoms with Gasteiger partial charge in [0.05, 0.1) is 9.26 Å². The molecule has 1 saturated carbocycles. The fourth-order valence-electron chi connectivity index (χ4n) is 3.05. The predicted octanol–water partition coefficient (Wildman–Crippen LogP) is 4.66. The maximum absolute atomic E-state index is 4.42. The Labute approximate surface area is 136 Å². The van der Waals surface area contributed by atoms with Crippen molar-refractivity contribution in [3.05, 3.63) is 15.6 Å². The van der Waals surface area contributed by atoms with Crippen LogP contribution in [-0.2, 0) is 6.42 Å². The Hall–Kier alpha value is -0.390. The van der Waals surface area contributed by atoms with Gasteiger partial charge in [-0.1, -0.05) is 27.7 Å². The van der Waals surface area contributed by atoms with E-state index in [0.29, 0.717) is 11.5 Å². The van der Waals surface area contributed by atoms with Crippen LogP contribution in [0.3, 0.4) is 0 Å². The third-order valence-electron chi connectivity index (χ3n) is 4.49. The van der Waals surface area contributed by atoms with Crippen molar-refractivity contribution in [2.45, 2.75) is 65.8 Å². The number of aryl methyl sites for hydroxylation is 1. The molecule has 0 radical (unpaired) electrons. The lowest BCUT2D eigenvalue weighted by Gasteiger charge is -2.37. The summed E-state index contributed by atoms with van der Waals surface area (Å²) in [5, 5.41) is 3.64. The fourth-order valence-corrected chi connectivity index (χ4v) is 3.87. The molecule has 0 saturated heterocycles. The Bertz CT molecular complexity index is 446. The molecule has 0 spiro atoms. The summed E-state index contributed by atoms with van der Waals surface area (Å²) in [6, 6.07) is 0.571. The van der Waals surface area contributed by atoms with Crippen molar-refractivity contribution < 1.29 is 0 Å². The molecule has 1 aromatic heterocycles. The van der Waals surface area contributed by atoms with Gasteiger partial charge >= 0.3 is 0 Å². The molecule has 20 heavy (non-hydrogen) atoms. The van der Waals surface area contributed by atoms with Gasteiger partial charge in [-0.3, -0.25) is 0 Å². The van der Waals surface area contributed by atoms with Gasteiger partial charge in [-0.05, 0) is 66.0 Å². The summed E-state index contributed by atoms with van der Waals surface area (Å²) in [6.45, 7) is 9.24. The zero-order valence-corrected chi connectivity index (χ0v) is 15.2. The number of halogens is 1. The first-order chi connectivity index (χ1) is 9.41. The van der Waals surface area contributed by atoms with Crippen LogP contribution >= 0.6 is 22.6 Å². The largest absolute Gasteiger partial charge is 0.366 e. The van der Waals surface area contributed by atoms with E-state index in [2.05, 4.69) is 65.6 Å². The summed E-state index contributed by atoms with van der Waals surface area (Å²) in [7, 11) is 0. The second-order valence-electron chi connectivity index (χ2n) is 6.90. The van der Waals surface area contributed by atoms with E-state index in [4.69, 9.17) is 0 Å². The Kier molecular flexibility index (Phi) is 5.26. The number of nitrogens with one attached hydrogen (secondary N) is 1. The molecular weight excluding hydrogens is 361 g/mol. The summed E-state index contributed by atoms with van der Waals surface area (Å²) in [4.78, 5) is 8.76. The molecule has 112 valence electrons. The third-order valence-corrected chi connectivity index (χ3v) is 5.62. The van der Waals surface area contributed by atoms with Crippen molar-refractivity contribution in [3.8, 4) is 0 Å². The number of anilines is 1. The molecular formula is C16H26IN3. The third kappa shape index (κ3) is 3.83. The molecule has 4 heteroatoms. The Morgan fingerprint density at radius 2 is 1.85 bits per heavy atom. The lowest BCUT2D eigenvalue weighted by Crippen LogP contribution is -2.32. The van der Waals surface area contributed by atoms with E-state index in [1.54, 1.807) is 6.33 Å². The molecule has 0 unspecified atom stereocenters. The SMILES string of the molecule is CCc1ncnc(NC2CCC(C(C)(C)C)CC2)c1I. The van der Waals surface area contributed by atoms with Crippen LogP contribution in [-0.4, -0.2) is 16.0 Å². The summed E-state index contributed by atoms with van der Waals surface area (Å²) < 4.78 is 1.19. The van der Waals surface area contributed by atoms with Gasteiger partial charge < -0.3 is 5.32 Å². The van der Waals surface area contributed by atoms with Gasteiger partial charge in [0.15, 0.2) is 0 Å². The maximum atomic E-state index is 4.42. The van der Waals surface area contributed by atoms with Crippen molar-refractivity contribution in [3.63, 3.8) is 0 Å². The minimum atomic E-state index is 0.448. The number of aromatic nitrogens is 2. The second-order valence-corrected chi connectivity index (χ2v) is 7.97. The van der Waals surface area contributed by atoms with Crippen LogP contribution in [0.15, 0.2) is 6.33 Å². The zero-order chi connectivity index (χ0) is 14.8. The number of hydrogen-bond donors (Lipinski definition) is 1. The molecule has 1 N–H and O–H groups in total. The van der Waals surface area contributed by atoms with Gasteiger partial charge in [-0.15, -0.1) is 0 Å². The average Bonchev–Trinajstić information content (AvgIpc) is 2.41. The van der Waals surface area contributed by atoms with Crippen LogP contribution in [0.4, 0.5) is 5.82 Å². The van der Waals surface area contributed by atoms with E-state index in [0.717, 1.165) is 23.9 Å². The van der Waals surface area contributed by atoms with Crippen LogP contribution in [0.5, 0.6) is 0 Å². The standard InChI is InChI=1S/C16H26IN3/c1-5-13-14(17)15(19-10-18-13)20-12-8-6-11(7-9-12)16(2,3)4/h10-12H,5-9H2,1-4H3,(H,18,19,20). The van der Waals surface area contributed by atoms with Crippen molar-refractivity contribution in [1.29, 1.82) is 0 Å². The minimum Gasteiger partial charge on any atom is -0.366 e. The van der Waals surface area contributed by atoms with E-state index in [-0.39, 0.29) is 0 Å². The van der Waals surface area contributed by atoms with Crippen LogP contribution in [0.1, 0.15) is 59.1 Å². The topological polar surface area (TPSA) is 37.8 Å². The zero-order valence-electron chi connectivity index (χ0n) is 13.0. The quantitative estimate of drug-likeness (QED) is 0.767. The van der Waals surface area contributed by atoms with Crippen molar-refractivity contribution in [2.24, 2.45) is 11.3 Å². The monoisotopic (exact) mass is 387 g/mol. The van der Waals surface area contributed by atoms with Crippen molar-refractivity contribution in [2.75, 3.05) is 5.32 Å². The summed E-state index contributed by atoms with van der Waals surface area (Å²) in [5.74, 6) is 1.88. The van der Waals surface area contributed by atoms with Crippen LogP contribution < -0.4 is 5.32 Å². The highest BCUT2D eigenvalue weighted by Gasteiger charge is 2.29. The van der Waals surface area contributed by atoms with E-state index < -0.39 is 0 Å². The average molecular weight is 387 g/mol. The first kappa shape index (κ1) is 16.0. The maximum Gasteiger partial charge on any atom is 0.143 e.